The summed E-state index contributed by atoms with van der Waals surface area (Å²) >= 11 is 0. The molecule has 0 atom stereocenters. The number of carbonyl (C=O) groups excluding carboxylic acids is 2. The van der Waals surface area contributed by atoms with Gasteiger partial charge >= 0.3 is 18.2 Å². The number of amides is 2. The van der Waals surface area contributed by atoms with Gasteiger partial charge in [-0.3, -0.25) is 4.79 Å². The second kappa shape index (κ2) is 7.11. The van der Waals surface area contributed by atoms with Crippen molar-refractivity contribution >= 4 is 12.0 Å². The first-order chi connectivity index (χ1) is 10.5. The number of piperidine rings is 1. The lowest BCUT2D eigenvalue weighted by atomic mass is 9.97. The highest BCUT2D eigenvalue weighted by Gasteiger charge is 2.44. The second-order valence-electron chi connectivity index (χ2n) is 6.32. The summed E-state index contributed by atoms with van der Waals surface area (Å²) in [7, 11) is 0. The van der Waals surface area contributed by atoms with Gasteiger partial charge in [-0.25, -0.2) is 4.79 Å². The Morgan fingerprint density at radius 2 is 1.78 bits per heavy atom. The van der Waals surface area contributed by atoms with Crippen LogP contribution < -0.4 is 0 Å². The van der Waals surface area contributed by atoms with Crippen LogP contribution in [-0.4, -0.2) is 59.3 Å². The summed E-state index contributed by atoms with van der Waals surface area (Å²) in [6.45, 7) is 5.12. The third kappa shape index (κ3) is 5.05. The number of rotatable bonds is 2. The van der Waals surface area contributed by atoms with Gasteiger partial charge in [-0.05, 0) is 33.6 Å². The van der Waals surface area contributed by atoms with Gasteiger partial charge in [0.2, 0.25) is 0 Å². The van der Waals surface area contributed by atoms with Gasteiger partial charge in [0.25, 0.3) is 0 Å². The fourth-order valence-corrected chi connectivity index (χ4v) is 2.65. The standard InChI is InChI=1S/C15H21F3N2O3/c1-5-10-23-13(22)20(14(2,3)4)11-6-8-19(9-7-11)12(21)15(16,17)18/h1,11H,6-10H2,2-4H3. The third-order valence-corrected chi connectivity index (χ3v) is 3.56. The van der Waals surface area contributed by atoms with Crippen molar-refractivity contribution in [3.05, 3.63) is 0 Å². The number of ether oxygens (including phenoxy) is 1. The molecule has 1 aliphatic rings. The summed E-state index contributed by atoms with van der Waals surface area (Å²) in [4.78, 5) is 25.7. The molecular weight excluding hydrogens is 313 g/mol. The number of halogens is 3. The predicted octanol–water partition coefficient (Wildman–Crippen LogP) is 2.41. The van der Waals surface area contributed by atoms with Crippen molar-refractivity contribution in [2.75, 3.05) is 19.7 Å². The second-order valence-corrected chi connectivity index (χ2v) is 6.32. The van der Waals surface area contributed by atoms with Crippen molar-refractivity contribution in [1.82, 2.24) is 9.80 Å². The van der Waals surface area contributed by atoms with Crippen molar-refractivity contribution in [3.8, 4) is 12.3 Å². The van der Waals surface area contributed by atoms with Crippen LogP contribution in [-0.2, 0) is 9.53 Å². The van der Waals surface area contributed by atoms with E-state index in [9.17, 15) is 22.8 Å². The van der Waals surface area contributed by atoms with Crippen LogP contribution in [0, 0.1) is 12.3 Å². The Balaban J connectivity index is 2.76. The molecular formula is C15H21F3N2O3. The normalized spacial score (nSPS) is 16.7. The van der Waals surface area contributed by atoms with Gasteiger partial charge in [0.05, 0.1) is 0 Å². The highest BCUT2D eigenvalue weighted by atomic mass is 19.4. The van der Waals surface area contributed by atoms with Gasteiger partial charge in [0.15, 0.2) is 6.61 Å². The lowest BCUT2D eigenvalue weighted by Crippen LogP contribution is -2.56. The zero-order chi connectivity index (χ0) is 17.8. The van der Waals surface area contributed by atoms with E-state index in [-0.39, 0.29) is 38.6 Å². The smallest absolute Gasteiger partial charge is 0.436 e. The monoisotopic (exact) mass is 334 g/mol. The Labute approximate surface area is 133 Å². The zero-order valence-corrected chi connectivity index (χ0v) is 13.4. The number of hydrogen-bond acceptors (Lipinski definition) is 3. The molecule has 0 spiro atoms. The first kappa shape index (κ1) is 19.1. The molecule has 5 nitrogen and oxygen atoms in total. The number of nitrogens with zero attached hydrogens (tertiary/aromatic N) is 2. The molecule has 0 aliphatic carbocycles. The van der Waals surface area contributed by atoms with Crippen LogP contribution in [0.3, 0.4) is 0 Å². The largest absolute Gasteiger partial charge is 0.471 e. The molecule has 0 aromatic rings. The predicted molar refractivity (Wildman–Crippen MR) is 77.4 cm³/mol. The SMILES string of the molecule is C#CCOC(=O)N(C1CCN(C(=O)C(F)(F)F)CC1)C(C)(C)C. The van der Waals surface area contributed by atoms with Gasteiger partial charge in [0, 0.05) is 24.7 Å². The molecule has 130 valence electrons. The molecule has 1 heterocycles. The van der Waals surface area contributed by atoms with E-state index in [4.69, 9.17) is 11.2 Å². The summed E-state index contributed by atoms with van der Waals surface area (Å²) in [6, 6.07) is -0.308. The van der Waals surface area contributed by atoms with Crippen LogP contribution in [0.4, 0.5) is 18.0 Å². The van der Waals surface area contributed by atoms with Crippen LogP contribution >= 0.6 is 0 Å². The molecule has 0 bridgehead atoms. The van der Waals surface area contributed by atoms with E-state index in [1.165, 1.54) is 4.90 Å². The van der Waals surface area contributed by atoms with Gasteiger partial charge in [-0.2, -0.15) is 13.2 Å². The zero-order valence-electron chi connectivity index (χ0n) is 13.4. The molecule has 1 rings (SSSR count). The third-order valence-electron chi connectivity index (χ3n) is 3.56. The Hall–Kier alpha value is -1.91. The average Bonchev–Trinajstić information content (AvgIpc) is 2.42. The minimum absolute atomic E-state index is 0.0575. The first-order valence-corrected chi connectivity index (χ1v) is 7.24. The van der Waals surface area contributed by atoms with E-state index in [0.717, 1.165) is 4.90 Å². The molecule has 0 radical (unpaired) electrons. The Morgan fingerprint density at radius 1 is 1.26 bits per heavy atom. The number of likely N-dealkylation sites (tertiary alicyclic amines) is 1. The van der Waals surface area contributed by atoms with Gasteiger partial charge in [0.1, 0.15) is 0 Å². The van der Waals surface area contributed by atoms with Gasteiger partial charge < -0.3 is 14.5 Å². The molecule has 23 heavy (non-hydrogen) atoms. The highest BCUT2D eigenvalue weighted by molar-refractivity contribution is 5.82. The topological polar surface area (TPSA) is 49.9 Å². The maximum absolute atomic E-state index is 12.5. The summed E-state index contributed by atoms with van der Waals surface area (Å²) in [5.74, 6) is 0.359. The Bertz CT molecular complexity index is 484. The van der Waals surface area contributed by atoms with E-state index >= 15 is 0 Å². The minimum Gasteiger partial charge on any atom is -0.436 e. The molecule has 2 amide bonds. The average molecular weight is 334 g/mol. The molecule has 1 saturated heterocycles. The molecule has 1 aliphatic heterocycles. The van der Waals surface area contributed by atoms with E-state index in [1.807, 2.05) is 0 Å². The molecule has 0 saturated carbocycles. The van der Waals surface area contributed by atoms with E-state index in [0.29, 0.717) is 0 Å². The number of terminal acetylenes is 1. The summed E-state index contributed by atoms with van der Waals surface area (Å²) in [5.41, 5.74) is -0.577. The fraction of sp³-hybridized carbons (Fsp3) is 0.733. The maximum Gasteiger partial charge on any atom is 0.471 e. The fourth-order valence-electron chi connectivity index (χ4n) is 2.65. The van der Waals surface area contributed by atoms with Gasteiger partial charge in [-0.1, -0.05) is 5.92 Å². The number of hydrogen-bond donors (Lipinski definition) is 0. The Morgan fingerprint density at radius 3 is 2.17 bits per heavy atom. The lowest BCUT2D eigenvalue weighted by Gasteiger charge is -2.44. The lowest BCUT2D eigenvalue weighted by molar-refractivity contribution is -0.186. The highest BCUT2D eigenvalue weighted by Crippen LogP contribution is 2.27. The van der Waals surface area contributed by atoms with Crippen molar-refractivity contribution < 1.29 is 27.5 Å². The van der Waals surface area contributed by atoms with Crippen LogP contribution in [0.25, 0.3) is 0 Å². The van der Waals surface area contributed by atoms with Gasteiger partial charge in [-0.15, -0.1) is 6.42 Å². The molecule has 0 unspecified atom stereocenters. The maximum atomic E-state index is 12.5. The molecule has 0 N–H and O–H groups in total. The first-order valence-electron chi connectivity index (χ1n) is 7.24. The van der Waals surface area contributed by atoms with Crippen LogP contribution in [0.2, 0.25) is 0 Å². The van der Waals surface area contributed by atoms with Crippen LogP contribution in [0.1, 0.15) is 33.6 Å². The van der Waals surface area contributed by atoms with Crippen LogP contribution in [0.5, 0.6) is 0 Å². The van der Waals surface area contributed by atoms with Crippen molar-refractivity contribution in [2.45, 2.75) is 51.4 Å². The van der Waals surface area contributed by atoms with Crippen molar-refractivity contribution in [3.63, 3.8) is 0 Å². The molecule has 8 heteroatoms. The molecule has 1 fully saturated rings. The number of alkyl halides is 3. The molecule has 0 aromatic heterocycles. The van der Waals surface area contributed by atoms with E-state index < -0.39 is 23.7 Å². The number of carbonyl (C=O) groups is 2. The molecule has 0 aromatic carbocycles. The summed E-state index contributed by atoms with van der Waals surface area (Å²) < 4.78 is 42.3. The quantitative estimate of drug-likeness (QED) is 0.729. The summed E-state index contributed by atoms with van der Waals surface area (Å²) in [5, 5.41) is 0. The summed E-state index contributed by atoms with van der Waals surface area (Å²) in [6.07, 6.45) is 0.0951. The Kier molecular flexibility index (Phi) is 5.92. The van der Waals surface area contributed by atoms with Crippen LogP contribution in [0.15, 0.2) is 0 Å². The minimum atomic E-state index is -4.87. The van der Waals surface area contributed by atoms with E-state index in [1.54, 1.807) is 20.8 Å². The van der Waals surface area contributed by atoms with E-state index in [2.05, 4.69) is 5.92 Å². The van der Waals surface area contributed by atoms with Crippen molar-refractivity contribution in [2.24, 2.45) is 0 Å². The van der Waals surface area contributed by atoms with Crippen molar-refractivity contribution in [1.29, 1.82) is 0 Å².